The first-order valence-electron chi connectivity index (χ1n) is 3.59. The van der Waals surface area contributed by atoms with Crippen molar-refractivity contribution in [1.29, 1.82) is 0 Å². The standard InChI is InChI=1S/C5H11N.C3H8O2.ClH/c1-4-5-6(2)3;1-3(5)2-4;/h4H,1,5H2,2-3H3;3-5H,2H2,1H3;1H. The summed E-state index contributed by atoms with van der Waals surface area (Å²) >= 11 is 0. The van der Waals surface area contributed by atoms with Crippen LogP contribution in [0, 0.1) is 0 Å². The average Bonchev–Trinajstić information content (AvgIpc) is 1.89. The fourth-order valence-electron chi connectivity index (χ4n) is 0.258. The minimum absolute atomic E-state index is 0. The summed E-state index contributed by atoms with van der Waals surface area (Å²) in [5.74, 6) is 0. The third-order valence-corrected chi connectivity index (χ3v) is 0.758. The van der Waals surface area contributed by atoms with Gasteiger partial charge in [0.2, 0.25) is 0 Å². The first-order valence-corrected chi connectivity index (χ1v) is 3.59. The Bertz CT molecular complexity index is 87.1. The van der Waals surface area contributed by atoms with Crippen molar-refractivity contribution in [3.05, 3.63) is 12.7 Å². The predicted molar refractivity (Wildman–Crippen MR) is 54.8 cm³/mol. The highest BCUT2D eigenvalue weighted by Crippen LogP contribution is 1.69. The lowest BCUT2D eigenvalue weighted by atomic mass is 10.5. The van der Waals surface area contributed by atoms with Crippen LogP contribution >= 0.6 is 12.4 Å². The van der Waals surface area contributed by atoms with Crippen LogP contribution in [0.2, 0.25) is 0 Å². The Labute approximate surface area is 81.1 Å². The number of likely N-dealkylation sites (N-methyl/N-ethyl adjacent to an activating group) is 1. The molecule has 0 bridgehead atoms. The van der Waals surface area contributed by atoms with Crippen LogP contribution in [-0.2, 0) is 0 Å². The summed E-state index contributed by atoms with van der Waals surface area (Å²) < 4.78 is 0. The summed E-state index contributed by atoms with van der Waals surface area (Å²) in [4.78, 5) is 2.06. The molecule has 0 saturated carbocycles. The maximum atomic E-state index is 8.11. The number of hydrogen-bond donors (Lipinski definition) is 2. The zero-order valence-corrected chi connectivity index (χ0v) is 8.84. The van der Waals surface area contributed by atoms with Gasteiger partial charge in [-0.25, -0.2) is 0 Å². The van der Waals surface area contributed by atoms with E-state index in [2.05, 4.69) is 11.5 Å². The van der Waals surface area contributed by atoms with E-state index in [0.29, 0.717) is 0 Å². The Morgan fingerprint density at radius 1 is 1.50 bits per heavy atom. The first-order chi connectivity index (χ1) is 5.04. The molecule has 12 heavy (non-hydrogen) atoms. The summed E-state index contributed by atoms with van der Waals surface area (Å²) in [5, 5.41) is 16.0. The summed E-state index contributed by atoms with van der Waals surface area (Å²) in [6.45, 7) is 5.92. The zero-order valence-electron chi connectivity index (χ0n) is 8.03. The molecule has 0 fully saturated rings. The molecule has 0 aliphatic rings. The van der Waals surface area contributed by atoms with Crippen LogP contribution < -0.4 is 0 Å². The second-order valence-electron chi connectivity index (χ2n) is 2.58. The highest BCUT2D eigenvalue weighted by Gasteiger charge is 1.83. The molecule has 1 atom stereocenters. The third-order valence-electron chi connectivity index (χ3n) is 0.758. The number of aliphatic hydroxyl groups excluding tert-OH is 2. The maximum Gasteiger partial charge on any atom is 0.0742 e. The molecule has 0 aliphatic carbocycles. The second kappa shape index (κ2) is 13.5. The molecule has 0 saturated heterocycles. The minimum atomic E-state index is -0.560. The molecule has 1 unspecified atom stereocenters. The molecule has 0 amide bonds. The molecular formula is C8H20ClNO2. The molecule has 76 valence electrons. The Kier molecular flexibility index (Phi) is 20.1. The van der Waals surface area contributed by atoms with Crippen molar-refractivity contribution < 1.29 is 10.2 Å². The van der Waals surface area contributed by atoms with E-state index in [9.17, 15) is 0 Å². The highest BCUT2D eigenvalue weighted by atomic mass is 35.5. The summed E-state index contributed by atoms with van der Waals surface area (Å²) in [5.41, 5.74) is 0. The zero-order chi connectivity index (χ0) is 9.28. The van der Waals surface area contributed by atoms with E-state index < -0.39 is 6.10 Å². The van der Waals surface area contributed by atoms with Gasteiger partial charge < -0.3 is 15.1 Å². The molecule has 0 spiro atoms. The SMILES string of the molecule is C=CCN(C)C.CC(O)CO.Cl. The van der Waals surface area contributed by atoms with E-state index in [0.717, 1.165) is 6.54 Å². The van der Waals surface area contributed by atoms with Crippen molar-refractivity contribution in [3.63, 3.8) is 0 Å². The molecule has 0 rings (SSSR count). The average molecular weight is 198 g/mol. The Morgan fingerprint density at radius 3 is 1.83 bits per heavy atom. The van der Waals surface area contributed by atoms with E-state index in [1.165, 1.54) is 6.92 Å². The van der Waals surface area contributed by atoms with E-state index in [1.807, 2.05) is 20.2 Å². The molecule has 2 N–H and O–H groups in total. The third kappa shape index (κ3) is 32.6. The van der Waals surface area contributed by atoms with Crippen molar-refractivity contribution in [2.24, 2.45) is 0 Å². The normalized spacial score (nSPS) is 10.8. The van der Waals surface area contributed by atoms with Gasteiger partial charge in [-0.1, -0.05) is 6.08 Å². The number of hydrogen-bond acceptors (Lipinski definition) is 3. The van der Waals surface area contributed by atoms with E-state index in [-0.39, 0.29) is 19.0 Å². The Balaban J connectivity index is -0.000000126. The second-order valence-corrected chi connectivity index (χ2v) is 2.58. The summed E-state index contributed by atoms with van der Waals surface area (Å²) in [7, 11) is 4.03. The van der Waals surface area contributed by atoms with E-state index in [4.69, 9.17) is 10.2 Å². The van der Waals surface area contributed by atoms with Crippen molar-refractivity contribution in [3.8, 4) is 0 Å². The van der Waals surface area contributed by atoms with Crippen LogP contribution in [0.4, 0.5) is 0 Å². The lowest BCUT2D eigenvalue weighted by molar-refractivity contribution is 0.110. The molecular weight excluding hydrogens is 178 g/mol. The Morgan fingerprint density at radius 2 is 1.83 bits per heavy atom. The van der Waals surface area contributed by atoms with Crippen molar-refractivity contribution in [2.75, 3.05) is 27.2 Å². The fraction of sp³-hybridized carbons (Fsp3) is 0.750. The lowest BCUT2D eigenvalue weighted by Gasteiger charge is -2.01. The van der Waals surface area contributed by atoms with Gasteiger partial charge in [0, 0.05) is 6.54 Å². The van der Waals surface area contributed by atoms with Gasteiger partial charge in [-0.2, -0.15) is 0 Å². The van der Waals surface area contributed by atoms with Gasteiger partial charge in [0.05, 0.1) is 12.7 Å². The van der Waals surface area contributed by atoms with Crippen molar-refractivity contribution in [2.45, 2.75) is 13.0 Å². The molecule has 4 heteroatoms. The molecule has 0 aromatic heterocycles. The highest BCUT2D eigenvalue weighted by molar-refractivity contribution is 5.85. The molecule has 0 aromatic rings. The van der Waals surface area contributed by atoms with Crippen molar-refractivity contribution in [1.82, 2.24) is 4.90 Å². The monoisotopic (exact) mass is 197 g/mol. The van der Waals surface area contributed by atoms with Gasteiger partial charge in [-0.05, 0) is 21.0 Å². The minimum Gasteiger partial charge on any atom is -0.394 e. The van der Waals surface area contributed by atoms with Gasteiger partial charge in [0.25, 0.3) is 0 Å². The largest absolute Gasteiger partial charge is 0.394 e. The number of nitrogens with zero attached hydrogens (tertiary/aromatic N) is 1. The van der Waals surface area contributed by atoms with Crippen LogP contribution in [0.5, 0.6) is 0 Å². The van der Waals surface area contributed by atoms with Gasteiger partial charge in [0.15, 0.2) is 0 Å². The number of aliphatic hydroxyl groups is 2. The Hall–Kier alpha value is -0.0900. The van der Waals surface area contributed by atoms with Gasteiger partial charge in [-0.15, -0.1) is 19.0 Å². The van der Waals surface area contributed by atoms with Gasteiger partial charge in [-0.3, -0.25) is 0 Å². The first kappa shape index (κ1) is 17.9. The van der Waals surface area contributed by atoms with Gasteiger partial charge in [0.1, 0.15) is 0 Å². The quantitative estimate of drug-likeness (QED) is 0.649. The van der Waals surface area contributed by atoms with Crippen LogP contribution in [0.25, 0.3) is 0 Å². The maximum absolute atomic E-state index is 8.11. The molecule has 0 aromatic carbocycles. The molecule has 0 heterocycles. The van der Waals surface area contributed by atoms with Crippen LogP contribution in [0.3, 0.4) is 0 Å². The molecule has 0 radical (unpaired) electrons. The molecule has 3 nitrogen and oxygen atoms in total. The van der Waals surface area contributed by atoms with Gasteiger partial charge >= 0.3 is 0 Å². The fourth-order valence-corrected chi connectivity index (χ4v) is 0.258. The summed E-state index contributed by atoms with van der Waals surface area (Å²) in [6.07, 6.45) is 1.31. The van der Waals surface area contributed by atoms with Crippen molar-refractivity contribution >= 4 is 12.4 Å². The molecule has 0 aliphatic heterocycles. The van der Waals surface area contributed by atoms with Crippen LogP contribution in [-0.4, -0.2) is 48.5 Å². The van der Waals surface area contributed by atoms with Crippen LogP contribution in [0.1, 0.15) is 6.92 Å². The predicted octanol–water partition coefficient (Wildman–Crippen LogP) is 0.515. The van der Waals surface area contributed by atoms with E-state index >= 15 is 0 Å². The topological polar surface area (TPSA) is 43.7 Å². The lowest BCUT2D eigenvalue weighted by Crippen LogP contribution is -2.09. The van der Waals surface area contributed by atoms with Crippen LogP contribution in [0.15, 0.2) is 12.7 Å². The van der Waals surface area contributed by atoms with E-state index in [1.54, 1.807) is 0 Å². The number of halogens is 1. The smallest absolute Gasteiger partial charge is 0.0742 e. The number of rotatable bonds is 3. The summed E-state index contributed by atoms with van der Waals surface area (Å²) in [6, 6.07) is 0.